The van der Waals surface area contributed by atoms with Crippen molar-refractivity contribution < 1.29 is 9.90 Å². The number of hydrogen-bond acceptors (Lipinski definition) is 6. The lowest BCUT2D eigenvalue weighted by Gasteiger charge is -2.03. The maximum Gasteiger partial charge on any atom is 0.346 e. The molecule has 3 aromatic rings. The molecule has 0 aliphatic rings. The Morgan fingerprint density at radius 1 is 1.50 bits per heavy atom. The van der Waals surface area contributed by atoms with E-state index < -0.39 is 5.97 Å². The largest absolute Gasteiger partial charge is 0.477 e. The Kier molecular flexibility index (Phi) is 2.83. The highest BCUT2D eigenvalue weighted by molar-refractivity contribution is 7.12. The van der Waals surface area contributed by atoms with Crippen LogP contribution in [0.15, 0.2) is 22.4 Å². The topological polar surface area (TPSA) is 103 Å². The monoisotopic (exact) mass is 291 g/mol. The first-order chi connectivity index (χ1) is 9.58. The van der Waals surface area contributed by atoms with Crippen LogP contribution in [0.25, 0.3) is 11.0 Å². The standard InChI is InChI=1S/C11H9N5O3S/c1-15-9-7(4-12-15)10(17)16(14-13-9)5-6-2-3-20-8(6)11(18)19/h2-4H,5H2,1H3,(H,18,19). The lowest BCUT2D eigenvalue weighted by Crippen LogP contribution is -2.25. The van der Waals surface area contributed by atoms with Gasteiger partial charge in [0.05, 0.1) is 12.7 Å². The molecule has 20 heavy (non-hydrogen) atoms. The van der Waals surface area contributed by atoms with Crippen LogP contribution in [0.4, 0.5) is 0 Å². The third kappa shape index (κ3) is 1.88. The third-order valence-corrected chi connectivity index (χ3v) is 3.83. The summed E-state index contributed by atoms with van der Waals surface area (Å²) in [5.74, 6) is -1.02. The SMILES string of the molecule is Cn1ncc2c(=O)n(Cc3ccsc3C(=O)O)nnc21. The van der Waals surface area contributed by atoms with Crippen molar-refractivity contribution >= 4 is 28.3 Å². The second kappa shape index (κ2) is 4.53. The predicted molar refractivity (Wildman–Crippen MR) is 70.9 cm³/mol. The second-order valence-electron chi connectivity index (χ2n) is 4.14. The molecule has 0 amide bonds. The van der Waals surface area contributed by atoms with Gasteiger partial charge in [-0.05, 0) is 17.0 Å². The van der Waals surface area contributed by atoms with Crippen LogP contribution < -0.4 is 5.56 Å². The molecule has 0 bridgehead atoms. The van der Waals surface area contributed by atoms with Crippen LogP contribution in [0.5, 0.6) is 0 Å². The van der Waals surface area contributed by atoms with E-state index in [4.69, 9.17) is 5.11 Å². The lowest BCUT2D eigenvalue weighted by molar-refractivity contribution is 0.0701. The van der Waals surface area contributed by atoms with E-state index in [1.54, 1.807) is 18.5 Å². The minimum absolute atomic E-state index is 0.0712. The molecule has 1 N–H and O–H groups in total. The summed E-state index contributed by atoms with van der Waals surface area (Å²) >= 11 is 1.11. The summed E-state index contributed by atoms with van der Waals surface area (Å²) in [5, 5.41) is 22.8. The number of hydrogen-bond donors (Lipinski definition) is 1. The fraction of sp³-hybridized carbons (Fsp3) is 0.182. The number of carbonyl (C=O) groups is 1. The molecule has 8 nitrogen and oxygen atoms in total. The van der Waals surface area contributed by atoms with Crippen LogP contribution in [0, 0.1) is 0 Å². The smallest absolute Gasteiger partial charge is 0.346 e. The highest BCUT2D eigenvalue weighted by Gasteiger charge is 2.15. The molecular formula is C11H9N5O3S. The first kappa shape index (κ1) is 12.5. The summed E-state index contributed by atoms with van der Waals surface area (Å²) in [6.07, 6.45) is 1.43. The number of thiophene rings is 1. The predicted octanol–water partition coefficient (Wildman–Crippen LogP) is 0.333. The first-order valence-electron chi connectivity index (χ1n) is 5.63. The molecule has 0 saturated carbocycles. The molecular weight excluding hydrogens is 282 g/mol. The number of carboxylic acids is 1. The molecule has 3 aromatic heterocycles. The zero-order valence-corrected chi connectivity index (χ0v) is 11.2. The van der Waals surface area contributed by atoms with Crippen LogP contribution in [-0.2, 0) is 13.6 Å². The molecule has 0 aromatic carbocycles. The quantitative estimate of drug-likeness (QED) is 0.746. The van der Waals surface area contributed by atoms with Crippen molar-refractivity contribution in [3.05, 3.63) is 38.4 Å². The molecule has 0 atom stereocenters. The minimum Gasteiger partial charge on any atom is -0.477 e. The summed E-state index contributed by atoms with van der Waals surface area (Å²) in [6, 6.07) is 1.66. The summed E-state index contributed by atoms with van der Waals surface area (Å²) in [6.45, 7) is 0.0712. The fourth-order valence-corrected chi connectivity index (χ4v) is 2.64. The molecule has 3 heterocycles. The average molecular weight is 291 g/mol. The molecule has 0 saturated heterocycles. The van der Waals surface area contributed by atoms with E-state index in [9.17, 15) is 9.59 Å². The van der Waals surface area contributed by atoms with Gasteiger partial charge in [0, 0.05) is 7.05 Å². The number of rotatable bonds is 3. The van der Waals surface area contributed by atoms with Crippen molar-refractivity contribution in [2.75, 3.05) is 0 Å². The van der Waals surface area contributed by atoms with Gasteiger partial charge in [0.25, 0.3) is 5.56 Å². The Balaban J connectivity index is 2.07. The number of aryl methyl sites for hydroxylation is 1. The van der Waals surface area contributed by atoms with Crippen molar-refractivity contribution in [1.29, 1.82) is 0 Å². The maximum absolute atomic E-state index is 12.2. The van der Waals surface area contributed by atoms with Crippen LogP contribution in [0.1, 0.15) is 15.2 Å². The number of aromatic nitrogens is 5. The van der Waals surface area contributed by atoms with Crippen LogP contribution in [0.3, 0.4) is 0 Å². The first-order valence-corrected chi connectivity index (χ1v) is 6.51. The Bertz CT molecular complexity index is 862. The second-order valence-corrected chi connectivity index (χ2v) is 5.05. The van der Waals surface area contributed by atoms with Gasteiger partial charge in [0.2, 0.25) is 0 Å². The average Bonchev–Trinajstić information content (AvgIpc) is 3.00. The van der Waals surface area contributed by atoms with Gasteiger partial charge in [-0.25, -0.2) is 14.2 Å². The van der Waals surface area contributed by atoms with Crippen molar-refractivity contribution in [2.45, 2.75) is 6.54 Å². The van der Waals surface area contributed by atoms with E-state index in [2.05, 4.69) is 15.4 Å². The van der Waals surface area contributed by atoms with E-state index in [-0.39, 0.29) is 17.0 Å². The Hall–Kier alpha value is -2.55. The minimum atomic E-state index is -1.02. The van der Waals surface area contributed by atoms with Crippen molar-refractivity contribution in [2.24, 2.45) is 7.05 Å². The zero-order valence-electron chi connectivity index (χ0n) is 10.3. The molecule has 0 fully saturated rings. The van der Waals surface area contributed by atoms with Gasteiger partial charge < -0.3 is 5.11 Å². The Morgan fingerprint density at radius 3 is 3.05 bits per heavy atom. The Labute approximate surface area is 115 Å². The fourth-order valence-electron chi connectivity index (χ4n) is 1.89. The molecule has 0 aliphatic carbocycles. The summed E-state index contributed by atoms with van der Waals surface area (Å²) in [4.78, 5) is 23.5. The van der Waals surface area contributed by atoms with Crippen molar-refractivity contribution in [3.8, 4) is 0 Å². The van der Waals surface area contributed by atoms with Crippen molar-refractivity contribution in [3.63, 3.8) is 0 Å². The summed E-state index contributed by atoms with van der Waals surface area (Å²) < 4.78 is 2.60. The highest BCUT2D eigenvalue weighted by atomic mass is 32.1. The molecule has 3 rings (SSSR count). The van der Waals surface area contributed by atoms with Gasteiger partial charge in [-0.1, -0.05) is 5.21 Å². The number of nitrogens with zero attached hydrogens (tertiary/aromatic N) is 5. The number of carboxylic acid groups (broad SMARTS) is 1. The van der Waals surface area contributed by atoms with E-state index >= 15 is 0 Å². The third-order valence-electron chi connectivity index (χ3n) is 2.88. The summed E-state index contributed by atoms with van der Waals surface area (Å²) in [7, 11) is 1.67. The normalized spacial score (nSPS) is 11.1. The van der Waals surface area contributed by atoms with Crippen molar-refractivity contribution in [1.82, 2.24) is 24.8 Å². The van der Waals surface area contributed by atoms with Gasteiger partial charge in [-0.3, -0.25) is 4.79 Å². The van der Waals surface area contributed by atoms with Gasteiger partial charge in [-0.2, -0.15) is 5.10 Å². The lowest BCUT2D eigenvalue weighted by atomic mass is 10.2. The molecule has 0 aliphatic heterocycles. The number of aromatic carboxylic acids is 1. The highest BCUT2D eigenvalue weighted by Crippen LogP contribution is 2.17. The molecule has 9 heteroatoms. The van der Waals surface area contributed by atoms with E-state index in [1.807, 2.05) is 0 Å². The zero-order chi connectivity index (χ0) is 14.3. The molecule has 0 spiro atoms. The maximum atomic E-state index is 12.2. The van der Waals surface area contributed by atoms with Gasteiger partial charge in [0.15, 0.2) is 5.65 Å². The van der Waals surface area contributed by atoms with Gasteiger partial charge >= 0.3 is 5.97 Å². The molecule has 0 radical (unpaired) electrons. The molecule has 102 valence electrons. The van der Waals surface area contributed by atoms with Gasteiger partial charge in [-0.15, -0.1) is 16.4 Å². The van der Waals surface area contributed by atoms with Crippen LogP contribution in [-0.4, -0.2) is 35.9 Å². The van der Waals surface area contributed by atoms with E-state index in [0.29, 0.717) is 16.6 Å². The summed E-state index contributed by atoms with van der Waals surface area (Å²) in [5.41, 5.74) is 0.586. The number of fused-ring (bicyclic) bond motifs is 1. The van der Waals surface area contributed by atoms with Crippen LogP contribution in [0.2, 0.25) is 0 Å². The molecule has 0 unspecified atom stereocenters. The van der Waals surface area contributed by atoms with E-state index in [1.165, 1.54) is 10.9 Å². The Morgan fingerprint density at radius 2 is 2.30 bits per heavy atom. The van der Waals surface area contributed by atoms with E-state index in [0.717, 1.165) is 16.0 Å². The van der Waals surface area contributed by atoms with Gasteiger partial charge in [0.1, 0.15) is 10.3 Å². The van der Waals surface area contributed by atoms with Crippen LogP contribution >= 0.6 is 11.3 Å².